The minimum atomic E-state index is -0.0553. The van der Waals surface area contributed by atoms with Crippen LogP contribution in [0.3, 0.4) is 0 Å². The minimum Gasteiger partial charge on any atom is -0.370 e. The van der Waals surface area contributed by atoms with Crippen LogP contribution in [0.4, 0.5) is 0 Å². The zero-order valence-electron chi connectivity index (χ0n) is 13.0. The minimum absolute atomic E-state index is 0.0553. The molecule has 6 heteroatoms. The summed E-state index contributed by atoms with van der Waals surface area (Å²) in [5.74, 6) is 0.742. The van der Waals surface area contributed by atoms with Crippen LogP contribution in [0.1, 0.15) is 19.5 Å². The molecule has 0 atom stereocenters. The van der Waals surface area contributed by atoms with Crippen LogP contribution < -0.4 is 11.1 Å². The molecule has 0 unspecified atom stereocenters. The van der Waals surface area contributed by atoms with Crippen LogP contribution in [0.15, 0.2) is 29.4 Å². The molecule has 0 radical (unpaired) electrons. The summed E-state index contributed by atoms with van der Waals surface area (Å²) in [6.07, 6.45) is 2.48. The monoisotopic (exact) mass is 291 g/mol. The van der Waals surface area contributed by atoms with Crippen LogP contribution in [0.5, 0.6) is 0 Å². The SMILES string of the molecule is CC(C)CNC(N)=NCC(=O)N(C)CCc1ccccn1. The van der Waals surface area contributed by atoms with E-state index in [9.17, 15) is 4.79 Å². The van der Waals surface area contributed by atoms with E-state index in [1.54, 1.807) is 18.1 Å². The van der Waals surface area contributed by atoms with Crippen molar-refractivity contribution in [2.75, 3.05) is 26.7 Å². The van der Waals surface area contributed by atoms with E-state index >= 15 is 0 Å². The lowest BCUT2D eigenvalue weighted by atomic mass is 10.2. The number of aliphatic imine (C=N–C) groups is 1. The molecular weight excluding hydrogens is 266 g/mol. The fourth-order valence-corrected chi connectivity index (χ4v) is 1.59. The highest BCUT2D eigenvalue weighted by atomic mass is 16.2. The van der Waals surface area contributed by atoms with Crippen molar-refractivity contribution < 1.29 is 4.79 Å². The lowest BCUT2D eigenvalue weighted by Crippen LogP contribution is -2.36. The van der Waals surface area contributed by atoms with Gasteiger partial charge in [-0.1, -0.05) is 19.9 Å². The van der Waals surface area contributed by atoms with Gasteiger partial charge in [-0.25, -0.2) is 4.99 Å². The number of likely N-dealkylation sites (N-methyl/N-ethyl adjacent to an activating group) is 1. The molecule has 3 N–H and O–H groups in total. The van der Waals surface area contributed by atoms with Crippen molar-refractivity contribution in [2.45, 2.75) is 20.3 Å². The van der Waals surface area contributed by atoms with E-state index in [1.165, 1.54) is 0 Å². The number of hydrogen-bond acceptors (Lipinski definition) is 3. The Morgan fingerprint density at radius 2 is 2.24 bits per heavy atom. The van der Waals surface area contributed by atoms with Crippen molar-refractivity contribution in [1.82, 2.24) is 15.2 Å². The molecular formula is C15H25N5O. The van der Waals surface area contributed by atoms with Crippen LogP contribution in [0, 0.1) is 5.92 Å². The summed E-state index contributed by atoms with van der Waals surface area (Å²) in [5.41, 5.74) is 6.66. The number of carbonyl (C=O) groups is 1. The van der Waals surface area contributed by atoms with Crippen molar-refractivity contribution in [3.8, 4) is 0 Å². The van der Waals surface area contributed by atoms with Gasteiger partial charge in [-0.3, -0.25) is 9.78 Å². The molecule has 0 fully saturated rings. The zero-order chi connectivity index (χ0) is 15.7. The number of nitrogens with one attached hydrogen (secondary N) is 1. The second-order valence-corrected chi connectivity index (χ2v) is 5.36. The van der Waals surface area contributed by atoms with Crippen molar-refractivity contribution in [3.63, 3.8) is 0 Å². The Morgan fingerprint density at radius 3 is 2.86 bits per heavy atom. The molecule has 0 aliphatic heterocycles. The number of rotatable bonds is 7. The van der Waals surface area contributed by atoms with Crippen molar-refractivity contribution in [3.05, 3.63) is 30.1 Å². The molecule has 0 aliphatic rings. The molecule has 1 aromatic rings. The first kappa shape index (κ1) is 16.9. The molecule has 0 spiro atoms. The standard InChI is InChI=1S/C15H25N5O/c1-12(2)10-18-15(16)19-11-14(21)20(3)9-7-13-6-4-5-8-17-13/h4-6,8,12H,7,9-11H2,1-3H3,(H3,16,18,19). The molecule has 0 bridgehead atoms. The Morgan fingerprint density at radius 1 is 1.48 bits per heavy atom. The lowest BCUT2D eigenvalue weighted by molar-refractivity contribution is -0.128. The summed E-state index contributed by atoms with van der Waals surface area (Å²) in [6.45, 7) is 5.59. The van der Waals surface area contributed by atoms with E-state index < -0.39 is 0 Å². The first-order chi connectivity index (χ1) is 9.99. The fourth-order valence-electron chi connectivity index (χ4n) is 1.59. The number of guanidine groups is 1. The molecule has 6 nitrogen and oxygen atoms in total. The molecule has 116 valence electrons. The number of hydrogen-bond donors (Lipinski definition) is 2. The van der Waals surface area contributed by atoms with Crippen molar-refractivity contribution >= 4 is 11.9 Å². The number of aromatic nitrogens is 1. The van der Waals surface area contributed by atoms with Gasteiger partial charge in [-0.15, -0.1) is 0 Å². The maximum absolute atomic E-state index is 11.9. The smallest absolute Gasteiger partial charge is 0.244 e. The Kier molecular flexibility index (Phi) is 7.21. The van der Waals surface area contributed by atoms with E-state index in [2.05, 4.69) is 29.1 Å². The molecule has 0 saturated heterocycles. The Hall–Kier alpha value is -2.11. The number of amides is 1. The highest BCUT2D eigenvalue weighted by molar-refractivity contribution is 5.83. The molecule has 0 aromatic carbocycles. The molecule has 0 saturated carbocycles. The molecule has 21 heavy (non-hydrogen) atoms. The highest BCUT2D eigenvalue weighted by Gasteiger charge is 2.08. The average molecular weight is 291 g/mol. The van der Waals surface area contributed by atoms with Crippen molar-refractivity contribution in [2.24, 2.45) is 16.6 Å². The van der Waals surface area contributed by atoms with Crippen LogP contribution in [0.2, 0.25) is 0 Å². The van der Waals surface area contributed by atoms with Gasteiger partial charge < -0.3 is 16.0 Å². The second-order valence-electron chi connectivity index (χ2n) is 5.36. The van der Waals surface area contributed by atoms with Crippen LogP contribution in [-0.2, 0) is 11.2 Å². The third kappa shape index (κ3) is 7.29. The third-order valence-corrected chi connectivity index (χ3v) is 2.93. The van der Waals surface area contributed by atoms with Crippen LogP contribution >= 0.6 is 0 Å². The van der Waals surface area contributed by atoms with Crippen LogP contribution in [0.25, 0.3) is 0 Å². The van der Waals surface area contributed by atoms with E-state index in [-0.39, 0.29) is 12.5 Å². The zero-order valence-corrected chi connectivity index (χ0v) is 13.0. The summed E-state index contributed by atoms with van der Waals surface area (Å²) in [7, 11) is 1.76. The normalized spacial score (nSPS) is 11.5. The Balaban J connectivity index is 2.32. The fraction of sp³-hybridized carbons (Fsp3) is 0.533. The molecule has 1 amide bonds. The van der Waals surface area contributed by atoms with E-state index in [0.29, 0.717) is 18.4 Å². The van der Waals surface area contributed by atoms with Gasteiger partial charge in [0.25, 0.3) is 0 Å². The first-order valence-corrected chi connectivity index (χ1v) is 7.16. The number of carbonyl (C=O) groups excluding carboxylic acids is 1. The van der Waals surface area contributed by atoms with Gasteiger partial charge in [0.05, 0.1) is 0 Å². The number of nitrogens with zero attached hydrogens (tertiary/aromatic N) is 3. The lowest BCUT2D eigenvalue weighted by Gasteiger charge is -2.16. The average Bonchev–Trinajstić information content (AvgIpc) is 2.49. The summed E-state index contributed by atoms with van der Waals surface area (Å²) in [4.78, 5) is 21.8. The quantitative estimate of drug-likeness (QED) is 0.570. The first-order valence-electron chi connectivity index (χ1n) is 7.16. The summed E-state index contributed by atoms with van der Waals surface area (Å²) >= 11 is 0. The van der Waals surface area contributed by atoms with Crippen molar-refractivity contribution in [1.29, 1.82) is 0 Å². The molecule has 1 rings (SSSR count). The van der Waals surface area contributed by atoms with Gasteiger partial charge in [0, 0.05) is 38.4 Å². The second kappa shape index (κ2) is 8.94. The maximum Gasteiger partial charge on any atom is 0.244 e. The summed E-state index contributed by atoms with van der Waals surface area (Å²) in [5, 5.41) is 2.98. The largest absolute Gasteiger partial charge is 0.370 e. The topological polar surface area (TPSA) is 83.6 Å². The Labute approximate surface area is 126 Å². The van der Waals surface area contributed by atoms with E-state index in [4.69, 9.17) is 5.73 Å². The van der Waals surface area contributed by atoms with Gasteiger partial charge in [0.2, 0.25) is 5.91 Å². The predicted octanol–water partition coefficient (Wildman–Crippen LogP) is 0.643. The summed E-state index contributed by atoms with van der Waals surface area (Å²) < 4.78 is 0. The number of pyridine rings is 1. The third-order valence-electron chi connectivity index (χ3n) is 2.93. The van der Waals surface area contributed by atoms with Gasteiger partial charge in [0.15, 0.2) is 5.96 Å². The highest BCUT2D eigenvalue weighted by Crippen LogP contribution is 1.97. The van der Waals surface area contributed by atoms with Crippen LogP contribution in [-0.4, -0.2) is 48.4 Å². The Bertz CT molecular complexity index is 458. The predicted molar refractivity (Wildman–Crippen MR) is 84.9 cm³/mol. The maximum atomic E-state index is 11.9. The van der Waals surface area contributed by atoms with Gasteiger partial charge in [0.1, 0.15) is 6.54 Å². The van der Waals surface area contributed by atoms with E-state index in [0.717, 1.165) is 18.7 Å². The van der Waals surface area contributed by atoms with Gasteiger partial charge >= 0.3 is 0 Å². The summed E-state index contributed by atoms with van der Waals surface area (Å²) in [6, 6.07) is 5.76. The molecule has 1 aromatic heterocycles. The van der Waals surface area contributed by atoms with E-state index in [1.807, 2.05) is 18.2 Å². The molecule has 1 heterocycles. The van der Waals surface area contributed by atoms with Gasteiger partial charge in [-0.05, 0) is 18.1 Å². The molecule has 0 aliphatic carbocycles. The van der Waals surface area contributed by atoms with Gasteiger partial charge in [-0.2, -0.15) is 0 Å². The number of nitrogens with two attached hydrogens (primary N) is 1.